The van der Waals surface area contributed by atoms with Crippen LogP contribution in [-0.2, 0) is 13.6 Å². The van der Waals surface area contributed by atoms with Crippen molar-refractivity contribution < 1.29 is 4.74 Å². The summed E-state index contributed by atoms with van der Waals surface area (Å²) < 4.78 is 7.50. The van der Waals surface area contributed by atoms with Crippen LogP contribution >= 0.6 is 0 Å². The Balaban J connectivity index is 2.04. The van der Waals surface area contributed by atoms with Gasteiger partial charge in [-0.1, -0.05) is 12.1 Å². The fraction of sp³-hybridized carbons (Fsp3) is 0.412. The van der Waals surface area contributed by atoms with E-state index in [1.165, 1.54) is 22.5 Å². The number of hydrogen-bond donors (Lipinski definition) is 1. The van der Waals surface area contributed by atoms with Crippen molar-refractivity contribution in [2.24, 2.45) is 7.05 Å². The summed E-state index contributed by atoms with van der Waals surface area (Å²) in [5.74, 6) is 0.905. The van der Waals surface area contributed by atoms with Crippen LogP contribution in [0.5, 0.6) is 5.75 Å². The third-order valence-corrected chi connectivity index (χ3v) is 4.07. The first kappa shape index (κ1) is 14.7. The maximum Gasteiger partial charge on any atom is 0.119 e. The second-order valence-corrected chi connectivity index (χ2v) is 5.33. The zero-order valence-electron chi connectivity index (χ0n) is 13.0. The van der Waals surface area contributed by atoms with Crippen molar-refractivity contribution in [3.05, 3.63) is 52.8 Å². The molecule has 0 saturated carbocycles. The Bertz CT molecular complexity index is 587. The third-order valence-electron chi connectivity index (χ3n) is 4.07. The second-order valence-electron chi connectivity index (χ2n) is 5.33. The van der Waals surface area contributed by atoms with Crippen LogP contribution in [0, 0.1) is 13.8 Å². The summed E-state index contributed by atoms with van der Waals surface area (Å²) in [5, 5.41) is 3.58. The lowest BCUT2D eigenvalue weighted by Gasteiger charge is -2.15. The second kappa shape index (κ2) is 6.14. The van der Waals surface area contributed by atoms with Crippen LogP contribution in [-0.4, -0.2) is 11.7 Å². The van der Waals surface area contributed by atoms with E-state index in [0.29, 0.717) is 6.04 Å². The number of nitrogens with one attached hydrogen (secondary N) is 1. The van der Waals surface area contributed by atoms with Crippen LogP contribution in [0.3, 0.4) is 0 Å². The molecule has 1 aromatic carbocycles. The molecule has 3 nitrogen and oxygen atoms in total. The normalized spacial score (nSPS) is 12.4. The molecular formula is C17H24N2O. The van der Waals surface area contributed by atoms with Crippen LogP contribution in [0.2, 0.25) is 0 Å². The van der Waals surface area contributed by atoms with E-state index in [0.717, 1.165) is 12.3 Å². The lowest BCUT2D eigenvalue weighted by Crippen LogP contribution is -2.18. The Hall–Kier alpha value is -1.74. The minimum absolute atomic E-state index is 0.296. The number of methoxy groups -OCH3 is 1. The molecule has 0 aliphatic heterocycles. The van der Waals surface area contributed by atoms with Crippen LogP contribution in [0.15, 0.2) is 30.3 Å². The van der Waals surface area contributed by atoms with Gasteiger partial charge in [0.2, 0.25) is 0 Å². The van der Waals surface area contributed by atoms with Crippen molar-refractivity contribution in [3.8, 4) is 5.75 Å². The standard InChI is InChI=1S/C17H24N2O/c1-12-9-16(14(3)19(12)4)11-18-13(2)15-7-6-8-17(10-15)20-5/h6-10,13,18H,11H2,1-5H3/t13-/m0/s1. The molecule has 0 amide bonds. The summed E-state index contributed by atoms with van der Waals surface area (Å²) in [6.07, 6.45) is 0. The molecule has 0 saturated heterocycles. The number of hydrogen-bond acceptors (Lipinski definition) is 2. The van der Waals surface area contributed by atoms with Crippen LogP contribution in [0.25, 0.3) is 0 Å². The van der Waals surface area contributed by atoms with Gasteiger partial charge in [0.05, 0.1) is 7.11 Å². The van der Waals surface area contributed by atoms with Crippen molar-refractivity contribution in [1.29, 1.82) is 0 Å². The Morgan fingerprint density at radius 3 is 2.60 bits per heavy atom. The first-order valence-corrected chi connectivity index (χ1v) is 7.02. The summed E-state index contributed by atoms with van der Waals surface area (Å²) >= 11 is 0. The average Bonchev–Trinajstić information content (AvgIpc) is 2.72. The van der Waals surface area contributed by atoms with Gasteiger partial charge in [0.1, 0.15) is 5.75 Å². The molecule has 0 unspecified atom stereocenters. The number of ether oxygens (including phenoxy) is 1. The van der Waals surface area contributed by atoms with Gasteiger partial charge in [0, 0.05) is 31.0 Å². The van der Waals surface area contributed by atoms with Crippen LogP contribution in [0.1, 0.15) is 35.5 Å². The van der Waals surface area contributed by atoms with Gasteiger partial charge >= 0.3 is 0 Å². The molecule has 20 heavy (non-hydrogen) atoms. The van der Waals surface area contributed by atoms with E-state index < -0.39 is 0 Å². The predicted octanol–water partition coefficient (Wildman–Crippen LogP) is 3.50. The first-order chi connectivity index (χ1) is 9.52. The lowest BCUT2D eigenvalue weighted by atomic mass is 10.1. The Morgan fingerprint density at radius 1 is 1.25 bits per heavy atom. The van der Waals surface area contributed by atoms with Gasteiger partial charge in [-0.25, -0.2) is 0 Å². The summed E-state index contributed by atoms with van der Waals surface area (Å²) in [7, 11) is 3.81. The van der Waals surface area contributed by atoms with Crippen molar-refractivity contribution in [2.75, 3.05) is 7.11 Å². The zero-order chi connectivity index (χ0) is 14.7. The first-order valence-electron chi connectivity index (χ1n) is 7.02. The van der Waals surface area contributed by atoms with Crippen molar-refractivity contribution >= 4 is 0 Å². The van der Waals surface area contributed by atoms with Crippen LogP contribution < -0.4 is 10.1 Å². The van der Waals surface area contributed by atoms with Crippen molar-refractivity contribution in [1.82, 2.24) is 9.88 Å². The highest BCUT2D eigenvalue weighted by Gasteiger charge is 2.09. The fourth-order valence-corrected chi connectivity index (χ4v) is 2.40. The van der Waals surface area contributed by atoms with Gasteiger partial charge in [-0.05, 0) is 50.1 Å². The maximum atomic E-state index is 5.27. The van der Waals surface area contributed by atoms with Gasteiger partial charge in [0.15, 0.2) is 0 Å². The zero-order valence-corrected chi connectivity index (χ0v) is 13.0. The van der Waals surface area contributed by atoms with E-state index in [-0.39, 0.29) is 0 Å². The Kier molecular flexibility index (Phi) is 4.50. The van der Waals surface area contributed by atoms with E-state index in [2.05, 4.69) is 55.9 Å². The number of benzene rings is 1. The van der Waals surface area contributed by atoms with E-state index in [1.54, 1.807) is 7.11 Å². The van der Waals surface area contributed by atoms with Crippen molar-refractivity contribution in [3.63, 3.8) is 0 Å². The molecule has 1 N–H and O–H groups in total. The van der Waals surface area contributed by atoms with Gasteiger partial charge in [0.25, 0.3) is 0 Å². The lowest BCUT2D eigenvalue weighted by molar-refractivity contribution is 0.413. The summed E-state index contributed by atoms with van der Waals surface area (Å²) in [6.45, 7) is 7.37. The van der Waals surface area contributed by atoms with Gasteiger partial charge in [-0.2, -0.15) is 0 Å². The molecule has 1 atom stereocenters. The third kappa shape index (κ3) is 3.05. The Labute approximate surface area is 121 Å². The highest BCUT2D eigenvalue weighted by atomic mass is 16.5. The average molecular weight is 272 g/mol. The molecule has 0 aliphatic carbocycles. The molecular weight excluding hydrogens is 248 g/mol. The number of aryl methyl sites for hydroxylation is 1. The van der Waals surface area contributed by atoms with Gasteiger partial charge in [-0.15, -0.1) is 0 Å². The number of rotatable bonds is 5. The minimum Gasteiger partial charge on any atom is -0.497 e. The topological polar surface area (TPSA) is 26.2 Å². The van der Waals surface area contributed by atoms with E-state index in [9.17, 15) is 0 Å². The predicted molar refractivity (Wildman–Crippen MR) is 83.1 cm³/mol. The van der Waals surface area contributed by atoms with E-state index in [4.69, 9.17) is 4.74 Å². The molecule has 0 spiro atoms. The van der Waals surface area contributed by atoms with E-state index >= 15 is 0 Å². The highest BCUT2D eigenvalue weighted by Crippen LogP contribution is 2.20. The van der Waals surface area contributed by atoms with Crippen molar-refractivity contribution in [2.45, 2.75) is 33.4 Å². The molecule has 108 valence electrons. The number of aromatic nitrogens is 1. The smallest absolute Gasteiger partial charge is 0.119 e. The molecule has 0 radical (unpaired) electrons. The van der Waals surface area contributed by atoms with Gasteiger partial charge in [-0.3, -0.25) is 0 Å². The van der Waals surface area contributed by atoms with E-state index in [1.807, 2.05) is 12.1 Å². The number of nitrogens with zero attached hydrogens (tertiary/aromatic N) is 1. The summed E-state index contributed by atoms with van der Waals surface area (Å²) in [4.78, 5) is 0. The van der Waals surface area contributed by atoms with Crippen LogP contribution in [0.4, 0.5) is 0 Å². The summed E-state index contributed by atoms with van der Waals surface area (Å²) in [6, 6.07) is 10.8. The fourth-order valence-electron chi connectivity index (χ4n) is 2.40. The highest BCUT2D eigenvalue weighted by molar-refractivity contribution is 5.31. The Morgan fingerprint density at radius 2 is 2.00 bits per heavy atom. The maximum absolute atomic E-state index is 5.27. The minimum atomic E-state index is 0.296. The SMILES string of the molecule is COc1cccc([C@H](C)NCc2cc(C)n(C)c2C)c1. The molecule has 1 aromatic heterocycles. The largest absolute Gasteiger partial charge is 0.497 e. The molecule has 2 rings (SSSR count). The monoisotopic (exact) mass is 272 g/mol. The van der Waals surface area contributed by atoms with Gasteiger partial charge < -0.3 is 14.6 Å². The molecule has 2 aromatic rings. The molecule has 0 aliphatic rings. The molecule has 0 bridgehead atoms. The summed E-state index contributed by atoms with van der Waals surface area (Å²) in [5.41, 5.74) is 5.23. The quantitative estimate of drug-likeness (QED) is 0.901. The molecule has 0 fully saturated rings. The molecule has 3 heteroatoms. The molecule has 1 heterocycles.